The highest BCUT2D eigenvalue weighted by Gasteiger charge is 2.14. The maximum absolute atomic E-state index is 4.08. The predicted octanol–water partition coefficient (Wildman–Crippen LogP) is -2.38. The molecule has 0 aliphatic carbocycles. The van der Waals surface area contributed by atoms with Crippen LogP contribution in [0, 0.1) is 0 Å². The van der Waals surface area contributed by atoms with Crippen LogP contribution in [0.4, 0.5) is 0 Å². The number of nitrogens with one attached hydrogen (secondary N) is 5. The lowest BCUT2D eigenvalue weighted by atomic mass is 10.9. The monoisotopic (exact) mass is 204 g/mol. The molecule has 14 heavy (non-hydrogen) atoms. The number of rotatable bonds is 5. The molecule has 0 fully saturated rings. The third-order valence-electron chi connectivity index (χ3n) is 1.51. The van der Waals surface area contributed by atoms with Crippen LogP contribution in [-0.4, -0.2) is 51.4 Å². The molecule has 0 rings (SSSR count). The van der Waals surface area contributed by atoms with E-state index in [1.54, 1.807) is 45.5 Å². The summed E-state index contributed by atoms with van der Waals surface area (Å²) in [6.45, 7) is 0. The topological polar surface area (TPSA) is 79.0 Å². The van der Waals surface area contributed by atoms with Crippen LogP contribution in [0.3, 0.4) is 0 Å². The summed E-state index contributed by atoms with van der Waals surface area (Å²) in [7, 11) is 8.86. The minimum atomic E-state index is 0.600. The molecule has 0 aliphatic heterocycles. The molecule has 5 N–H and O–H groups in total. The van der Waals surface area contributed by atoms with Gasteiger partial charge in [0.15, 0.2) is 0 Å². The van der Waals surface area contributed by atoms with E-state index >= 15 is 0 Å². The van der Waals surface area contributed by atoms with Gasteiger partial charge in [0.1, 0.15) is 0 Å². The Labute approximate surface area is 84.6 Å². The van der Waals surface area contributed by atoms with Crippen molar-refractivity contribution in [2.24, 2.45) is 5.10 Å². The zero-order chi connectivity index (χ0) is 11.0. The average Bonchev–Trinajstić information content (AvgIpc) is 2.21. The van der Waals surface area contributed by atoms with E-state index in [0.29, 0.717) is 5.96 Å². The van der Waals surface area contributed by atoms with Gasteiger partial charge in [-0.25, -0.2) is 31.9 Å². The molecule has 0 saturated carbocycles. The Morgan fingerprint density at radius 2 is 1.14 bits per heavy atom. The van der Waals surface area contributed by atoms with Gasteiger partial charge in [-0.1, -0.05) is 0 Å². The maximum atomic E-state index is 4.08. The normalized spacial score (nSPS) is 9.50. The quantitative estimate of drug-likeness (QED) is 0.194. The van der Waals surface area contributed by atoms with Crippen LogP contribution < -0.4 is 27.1 Å². The molecule has 0 amide bonds. The Bertz CT molecular complexity index is 147. The van der Waals surface area contributed by atoms with Gasteiger partial charge in [-0.2, -0.15) is 0 Å². The Hall–Kier alpha value is -1.09. The summed E-state index contributed by atoms with van der Waals surface area (Å²) in [4.78, 5) is 0. The smallest absolute Gasteiger partial charge is 0.278 e. The van der Waals surface area contributed by atoms with Crippen LogP contribution in [0.15, 0.2) is 5.10 Å². The number of hydrogen-bond acceptors (Lipinski definition) is 6. The van der Waals surface area contributed by atoms with E-state index < -0.39 is 0 Å². The van der Waals surface area contributed by atoms with Gasteiger partial charge in [-0.3, -0.25) is 0 Å². The first kappa shape index (κ1) is 12.9. The molecule has 0 unspecified atom stereocenters. The molecule has 8 nitrogen and oxygen atoms in total. The van der Waals surface area contributed by atoms with Crippen molar-refractivity contribution < 1.29 is 0 Å². The molecule has 0 aliphatic rings. The Kier molecular flexibility index (Phi) is 6.76. The Morgan fingerprint density at radius 1 is 0.786 bits per heavy atom. The van der Waals surface area contributed by atoms with E-state index in [1.807, 2.05) is 0 Å². The van der Waals surface area contributed by atoms with Crippen molar-refractivity contribution in [1.29, 1.82) is 0 Å². The van der Waals surface area contributed by atoms with Crippen molar-refractivity contribution in [3.63, 3.8) is 0 Å². The highest BCUT2D eigenvalue weighted by Crippen LogP contribution is 1.84. The first-order valence-electron chi connectivity index (χ1n) is 4.29. The van der Waals surface area contributed by atoms with Crippen LogP contribution in [0.5, 0.6) is 0 Å². The van der Waals surface area contributed by atoms with Gasteiger partial charge in [0.25, 0.3) is 5.96 Å². The van der Waals surface area contributed by atoms with Gasteiger partial charge in [0.2, 0.25) is 0 Å². The van der Waals surface area contributed by atoms with Gasteiger partial charge < -0.3 is 5.43 Å². The van der Waals surface area contributed by atoms with Crippen molar-refractivity contribution in [2.75, 3.05) is 35.2 Å². The molecule has 0 heterocycles. The first-order valence-corrected chi connectivity index (χ1v) is 4.29. The summed E-state index contributed by atoms with van der Waals surface area (Å²) in [5, 5.41) is 7.33. The first-order chi connectivity index (χ1) is 6.74. The van der Waals surface area contributed by atoms with Gasteiger partial charge in [-0.15, -0.1) is 5.10 Å². The highest BCUT2D eigenvalue weighted by atomic mass is 15.9. The lowest BCUT2D eigenvalue weighted by Crippen LogP contribution is -2.61. The molecule has 0 bridgehead atoms. The molecule has 0 aromatic carbocycles. The van der Waals surface area contributed by atoms with Crippen LogP contribution >= 0.6 is 0 Å². The van der Waals surface area contributed by atoms with Crippen LogP contribution in [-0.2, 0) is 0 Å². The molecule has 0 aromatic rings. The number of hydrazone groups is 1. The fourth-order valence-corrected chi connectivity index (χ4v) is 0.924. The largest absolute Gasteiger partial charge is 0.309 e. The molecule has 0 atom stereocenters. The minimum Gasteiger partial charge on any atom is -0.309 e. The van der Waals surface area contributed by atoms with E-state index in [0.717, 1.165) is 0 Å². The van der Waals surface area contributed by atoms with E-state index in [1.165, 1.54) is 0 Å². The number of nitrogens with zero attached hydrogens (tertiary/aromatic N) is 3. The molecular formula is C6H20N8. The van der Waals surface area contributed by atoms with Crippen LogP contribution in [0.1, 0.15) is 0 Å². The van der Waals surface area contributed by atoms with Gasteiger partial charge in [-0.05, 0) is 0 Å². The standard InChI is InChI=1S/C6H20N8/c1-7-12-6(13(8-2)9-3)14(10-4)11-5/h7-11H,1-5H3. The fraction of sp³-hybridized carbons (Fsp3) is 0.833. The summed E-state index contributed by atoms with van der Waals surface area (Å²) in [5.41, 5.74) is 14.4. The van der Waals surface area contributed by atoms with E-state index in [9.17, 15) is 0 Å². The van der Waals surface area contributed by atoms with Crippen LogP contribution in [0.25, 0.3) is 0 Å². The van der Waals surface area contributed by atoms with Crippen molar-refractivity contribution in [1.82, 2.24) is 37.4 Å². The van der Waals surface area contributed by atoms with Gasteiger partial charge in [0.05, 0.1) is 0 Å². The molecule has 0 spiro atoms. The lowest BCUT2D eigenvalue weighted by molar-refractivity contribution is 0.166. The predicted molar refractivity (Wildman–Crippen MR) is 56.4 cm³/mol. The molecule has 84 valence electrons. The third-order valence-corrected chi connectivity index (χ3v) is 1.51. The second-order valence-corrected chi connectivity index (χ2v) is 2.20. The average molecular weight is 204 g/mol. The van der Waals surface area contributed by atoms with Gasteiger partial charge >= 0.3 is 0 Å². The van der Waals surface area contributed by atoms with Crippen molar-refractivity contribution in [2.45, 2.75) is 0 Å². The lowest BCUT2D eigenvalue weighted by Gasteiger charge is -2.30. The summed E-state index contributed by atoms with van der Waals surface area (Å²) < 4.78 is 0. The van der Waals surface area contributed by atoms with E-state index in [2.05, 4.69) is 32.2 Å². The maximum Gasteiger partial charge on any atom is 0.278 e. The second-order valence-electron chi connectivity index (χ2n) is 2.20. The molecule has 0 saturated heterocycles. The molecule has 0 radical (unpaired) electrons. The summed E-state index contributed by atoms with van der Waals surface area (Å²) >= 11 is 0. The second kappa shape index (κ2) is 7.33. The van der Waals surface area contributed by atoms with Crippen LogP contribution in [0.2, 0.25) is 0 Å². The third kappa shape index (κ3) is 3.34. The summed E-state index contributed by atoms with van der Waals surface area (Å²) in [6.07, 6.45) is 0. The number of hydrazine groups is 4. The Balaban J connectivity index is 4.63. The number of hydrogen-bond donors (Lipinski definition) is 5. The minimum absolute atomic E-state index is 0.600. The van der Waals surface area contributed by atoms with Crippen molar-refractivity contribution in [3.8, 4) is 0 Å². The van der Waals surface area contributed by atoms with E-state index in [-0.39, 0.29) is 0 Å². The molecular weight excluding hydrogens is 184 g/mol. The Morgan fingerprint density at radius 3 is 1.36 bits per heavy atom. The zero-order valence-electron chi connectivity index (χ0n) is 9.34. The van der Waals surface area contributed by atoms with E-state index in [4.69, 9.17) is 0 Å². The number of guanidine groups is 1. The molecule has 8 heteroatoms. The zero-order valence-corrected chi connectivity index (χ0v) is 9.34. The fourth-order valence-electron chi connectivity index (χ4n) is 0.924. The van der Waals surface area contributed by atoms with Crippen molar-refractivity contribution in [3.05, 3.63) is 0 Å². The van der Waals surface area contributed by atoms with Crippen molar-refractivity contribution >= 4 is 5.96 Å². The summed E-state index contributed by atoms with van der Waals surface area (Å²) in [5.74, 6) is 0.600. The summed E-state index contributed by atoms with van der Waals surface area (Å²) in [6, 6.07) is 0. The molecule has 0 aromatic heterocycles. The SMILES string of the molecule is CNN=C(N(NC)NC)N(NC)NC. The highest BCUT2D eigenvalue weighted by molar-refractivity contribution is 5.78. The van der Waals surface area contributed by atoms with Gasteiger partial charge in [0, 0.05) is 35.2 Å².